The fourth-order valence-corrected chi connectivity index (χ4v) is 1.94. The highest BCUT2D eigenvalue weighted by Gasteiger charge is 2.12. The number of aryl methyl sites for hydroxylation is 1. The molecular formula is C11H11NO4S. The van der Waals surface area contributed by atoms with Crippen LogP contribution in [0.25, 0.3) is 0 Å². The van der Waals surface area contributed by atoms with Crippen molar-refractivity contribution >= 4 is 23.4 Å². The van der Waals surface area contributed by atoms with Crippen LogP contribution in [0, 0.1) is 17.0 Å². The number of ether oxygens (including phenoxy) is 1. The zero-order chi connectivity index (χ0) is 12.8. The van der Waals surface area contributed by atoms with E-state index in [9.17, 15) is 14.9 Å². The van der Waals surface area contributed by atoms with E-state index in [2.05, 4.69) is 4.74 Å². The van der Waals surface area contributed by atoms with E-state index >= 15 is 0 Å². The number of hydrogen-bond donors (Lipinski definition) is 0. The lowest BCUT2D eigenvalue weighted by Crippen LogP contribution is -1.93. The first-order valence-electron chi connectivity index (χ1n) is 4.71. The first-order valence-corrected chi connectivity index (χ1v) is 5.58. The molecule has 0 bridgehead atoms. The maximum absolute atomic E-state index is 10.8. The van der Waals surface area contributed by atoms with Crippen LogP contribution >= 0.6 is 11.8 Å². The molecule has 1 aromatic rings. The number of esters is 1. The molecule has 17 heavy (non-hydrogen) atoms. The molecule has 0 saturated heterocycles. The normalized spacial score (nSPS) is 10.5. The van der Waals surface area contributed by atoms with Gasteiger partial charge in [0.1, 0.15) is 0 Å². The molecule has 0 unspecified atom stereocenters. The zero-order valence-corrected chi connectivity index (χ0v) is 10.2. The monoisotopic (exact) mass is 253 g/mol. The van der Waals surface area contributed by atoms with Gasteiger partial charge in [0.05, 0.1) is 16.9 Å². The Morgan fingerprint density at radius 3 is 2.82 bits per heavy atom. The molecule has 0 saturated carbocycles. The van der Waals surface area contributed by atoms with E-state index in [0.717, 1.165) is 17.3 Å². The van der Waals surface area contributed by atoms with Gasteiger partial charge in [0.15, 0.2) is 0 Å². The molecule has 6 heteroatoms. The van der Waals surface area contributed by atoms with Crippen molar-refractivity contribution < 1.29 is 14.5 Å². The topological polar surface area (TPSA) is 69.4 Å². The van der Waals surface area contributed by atoms with Crippen molar-refractivity contribution in [2.45, 2.75) is 11.8 Å². The number of nitro benzene ring substituents is 1. The SMILES string of the molecule is COC(=O)/C=C/Sc1cc(C)ccc1[N+](=O)[O-]. The maximum Gasteiger partial charge on any atom is 0.330 e. The fourth-order valence-electron chi connectivity index (χ4n) is 1.10. The van der Waals surface area contributed by atoms with E-state index in [0.29, 0.717) is 4.90 Å². The van der Waals surface area contributed by atoms with Gasteiger partial charge in [0.2, 0.25) is 0 Å². The van der Waals surface area contributed by atoms with Gasteiger partial charge in [-0.2, -0.15) is 0 Å². The number of benzene rings is 1. The minimum Gasteiger partial charge on any atom is -0.466 e. The van der Waals surface area contributed by atoms with Gasteiger partial charge in [0.25, 0.3) is 5.69 Å². The molecule has 0 aliphatic carbocycles. The molecule has 0 fully saturated rings. The molecule has 0 atom stereocenters. The second kappa shape index (κ2) is 6.05. The van der Waals surface area contributed by atoms with Crippen molar-refractivity contribution in [2.24, 2.45) is 0 Å². The lowest BCUT2D eigenvalue weighted by Gasteiger charge is -2.00. The van der Waals surface area contributed by atoms with Crippen LogP contribution < -0.4 is 0 Å². The van der Waals surface area contributed by atoms with E-state index in [-0.39, 0.29) is 5.69 Å². The van der Waals surface area contributed by atoms with Crippen molar-refractivity contribution in [3.63, 3.8) is 0 Å². The first-order chi connectivity index (χ1) is 8.04. The lowest BCUT2D eigenvalue weighted by molar-refractivity contribution is -0.387. The van der Waals surface area contributed by atoms with E-state index in [1.54, 1.807) is 12.1 Å². The molecule has 0 spiro atoms. The van der Waals surface area contributed by atoms with Gasteiger partial charge in [-0.25, -0.2) is 4.79 Å². The Kier molecular flexibility index (Phi) is 4.71. The van der Waals surface area contributed by atoms with Crippen LogP contribution in [0.3, 0.4) is 0 Å². The van der Waals surface area contributed by atoms with Crippen LogP contribution in [0.2, 0.25) is 0 Å². The predicted molar refractivity (Wildman–Crippen MR) is 64.8 cm³/mol. The summed E-state index contributed by atoms with van der Waals surface area (Å²) in [7, 11) is 1.27. The summed E-state index contributed by atoms with van der Waals surface area (Å²) in [5.41, 5.74) is 0.944. The fraction of sp³-hybridized carbons (Fsp3) is 0.182. The van der Waals surface area contributed by atoms with Crippen LogP contribution in [0.5, 0.6) is 0 Å². The molecule has 0 aliphatic heterocycles. The maximum atomic E-state index is 10.8. The average Bonchev–Trinajstić information content (AvgIpc) is 2.28. The summed E-state index contributed by atoms with van der Waals surface area (Å²) in [6.07, 6.45) is 1.22. The number of carbonyl (C=O) groups is 1. The Labute approximate surface area is 103 Å². The van der Waals surface area contributed by atoms with Crippen molar-refractivity contribution in [2.75, 3.05) is 7.11 Å². The highest BCUT2D eigenvalue weighted by atomic mass is 32.2. The lowest BCUT2D eigenvalue weighted by atomic mass is 10.2. The third kappa shape index (κ3) is 3.92. The summed E-state index contributed by atoms with van der Waals surface area (Å²) in [6.45, 7) is 1.85. The second-order valence-corrected chi connectivity index (χ2v) is 4.12. The minimum absolute atomic E-state index is 0.0233. The van der Waals surface area contributed by atoms with Crippen molar-refractivity contribution in [3.8, 4) is 0 Å². The molecular weight excluding hydrogens is 242 g/mol. The highest BCUT2D eigenvalue weighted by Crippen LogP contribution is 2.30. The van der Waals surface area contributed by atoms with Gasteiger partial charge in [-0.15, -0.1) is 0 Å². The van der Waals surface area contributed by atoms with Crippen molar-refractivity contribution in [1.29, 1.82) is 0 Å². The van der Waals surface area contributed by atoms with Gasteiger partial charge in [-0.3, -0.25) is 10.1 Å². The molecule has 1 rings (SSSR count). The molecule has 0 heterocycles. The number of rotatable bonds is 4. The molecule has 5 nitrogen and oxygen atoms in total. The van der Waals surface area contributed by atoms with Crippen LogP contribution in [0.4, 0.5) is 5.69 Å². The van der Waals surface area contributed by atoms with E-state index < -0.39 is 10.9 Å². The Bertz CT molecular complexity index is 471. The van der Waals surface area contributed by atoms with Gasteiger partial charge in [-0.1, -0.05) is 17.8 Å². The molecule has 0 N–H and O–H groups in total. The summed E-state index contributed by atoms with van der Waals surface area (Å²) in [5.74, 6) is -0.493. The summed E-state index contributed by atoms with van der Waals surface area (Å²) >= 11 is 1.11. The number of nitrogens with zero attached hydrogens (tertiary/aromatic N) is 1. The highest BCUT2D eigenvalue weighted by molar-refractivity contribution is 8.02. The third-order valence-electron chi connectivity index (χ3n) is 1.91. The third-order valence-corrected chi connectivity index (χ3v) is 2.77. The first kappa shape index (κ1) is 13.2. The van der Waals surface area contributed by atoms with Gasteiger partial charge >= 0.3 is 5.97 Å². The van der Waals surface area contributed by atoms with Crippen molar-refractivity contribution in [1.82, 2.24) is 0 Å². The Morgan fingerprint density at radius 1 is 1.53 bits per heavy atom. The van der Waals surface area contributed by atoms with Crippen LogP contribution in [0.1, 0.15) is 5.56 Å². The summed E-state index contributed by atoms with van der Waals surface area (Å²) in [6, 6.07) is 4.82. The Morgan fingerprint density at radius 2 is 2.24 bits per heavy atom. The standard InChI is InChI=1S/C11H11NO4S/c1-8-3-4-9(12(14)15)10(7-8)17-6-5-11(13)16-2/h3-7H,1-2H3/b6-5+. The van der Waals surface area contributed by atoms with Crippen LogP contribution in [-0.2, 0) is 9.53 Å². The Hall–Kier alpha value is -1.82. The summed E-state index contributed by atoms with van der Waals surface area (Å²) < 4.78 is 4.42. The zero-order valence-electron chi connectivity index (χ0n) is 9.38. The predicted octanol–water partition coefficient (Wildman–Crippen LogP) is 2.68. The second-order valence-electron chi connectivity index (χ2n) is 3.17. The number of hydrogen-bond acceptors (Lipinski definition) is 5. The summed E-state index contributed by atoms with van der Waals surface area (Å²) in [5, 5.41) is 12.2. The molecule has 0 aliphatic rings. The number of thioether (sulfide) groups is 1. The summed E-state index contributed by atoms with van der Waals surface area (Å²) in [4.78, 5) is 21.6. The molecule has 90 valence electrons. The van der Waals surface area contributed by atoms with Gasteiger partial charge in [-0.05, 0) is 24.0 Å². The van der Waals surface area contributed by atoms with E-state index in [1.165, 1.54) is 24.7 Å². The van der Waals surface area contributed by atoms with E-state index in [4.69, 9.17) is 0 Å². The largest absolute Gasteiger partial charge is 0.466 e. The average molecular weight is 253 g/mol. The molecule has 0 amide bonds. The van der Waals surface area contributed by atoms with Crippen LogP contribution in [0.15, 0.2) is 34.6 Å². The van der Waals surface area contributed by atoms with E-state index in [1.807, 2.05) is 6.92 Å². The molecule has 1 aromatic carbocycles. The Balaban J connectivity index is 2.89. The van der Waals surface area contributed by atoms with Crippen molar-refractivity contribution in [3.05, 3.63) is 45.4 Å². The van der Waals surface area contributed by atoms with Gasteiger partial charge in [0, 0.05) is 12.1 Å². The smallest absolute Gasteiger partial charge is 0.330 e. The molecule has 0 aromatic heterocycles. The quantitative estimate of drug-likeness (QED) is 0.271. The van der Waals surface area contributed by atoms with Gasteiger partial charge < -0.3 is 4.74 Å². The van der Waals surface area contributed by atoms with Crippen LogP contribution in [-0.4, -0.2) is 18.0 Å². The minimum atomic E-state index is -0.493. The molecule has 0 radical (unpaired) electrons. The number of carbonyl (C=O) groups excluding carboxylic acids is 1. The number of methoxy groups -OCH3 is 1. The number of nitro groups is 1.